The number of nitrogens with zero attached hydrogens (tertiary/aromatic N) is 1. The Hall–Kier alpha value is -1.17. The quantitative estimate of drug-likeness (QED) is 0.599. The van der Waals surface area contributed by atoms with Crippen molar-refractivity contribution in [3.8, 4) is 0 Å². The van der Waals surface area contributed by atoms with Crippen LogP contribution >= 0.6 is 0 Å². The molecular formula is C19H27NO2SSi. The van der Waals surface area contributed by atoms with Crippen LogP contribution in [0.4, 0.5) is 0 Å². The van der Waals surface area contributed by atoms with Crippen molar-refractivity contribution in [3.05, 3.63) is 52.8 Å². The van der Waals surface area contributed by atoms with Gasteiger partial charge in [-0.3, -0.25) is 0 Å². The lowest BCUT2D eigenvalue weighted by molar-refractivity contribution is 0.349. The minimum absolute atomic E-state index is 0.259. The first-order valence-corrected chi connectivity index (χ1v) is 13.6. The molecule has 0 saturated carbocycles. The first-order chi connectivity index (χ1) is 11.2. The summed E-state index contributed by atoms with van der Waals surface area (Å²) in [6, 6.07) is 7.18. The van der Waals surface area contributed by atoms with E-state index in [9.17, 15) is 8.42 Å². The van der Waals surface area contributed by atoms with Gasteiger partial charge in [0.05, 0.1) is 13.0 Å². The average molecular weight is 362 g/mol. The van der Waals surface area contributed by atoms with Crippen molar-refractivity contribution in [2.75, 3.05) is 13.1 Å². The molecule has 0 spiro atoms. The fourth-order valence-electron chi connectivity index (χ4n) is 3.75. The number of piperidine rings is 1. The molecule has 0 bridgehead atoms. The second-order valence-corrected chi connectivity index (χ2v) is 15.0. The molecule has 24 heavy (non-hydrogen) atoms. The van der Waals surface area contributed by atoms with Gasteiger partial charge in [-0.1, -0.05) is 60.3 Å². The zero-order chi connectivity index (χ0) is 17.5. The molecular weight excluding hydrogens is 334 g/mol. The van der Waals surface area contributed by atoms with E-state index in [2.05, 4.69) is 31.8 Å². The van der Waals surface area contributed by atoms with E-state index in [-0.39, 0.29) is 5.92 Å². The molecule has 1 heterocycles. The molecule has 1 aliphatic heterocycles. The Kier molecular flexibility index (Phi) is 4.62. The maximum absolute atomic E-state index is 12.9. The number of rotatable bonds is 3. The molecule has 0 radical (unpaired) electrons. The maximum atomic E-state index is 12.9. The summed E-state index contributed by atoms with van der Waals surface area (Å²) in [5.74, 6) is 0.259. The highest BCUT2D eigenvalue weighted by Gasteiger charge is 2.35. The van der Waals surface area contributed by atoms with Gasteiger partial charge in [0.2, 0.25) is 10.0 Å². The average Bonchev–Trinajstić information content (AvgIpc) is 2.53. The van der Waals surface area contributed by atoms with Crippen LogP contribution in [0.5, 0.6) is 0 Å². The van der Waals surface area contributed by atoms with Crippen molar-refractivity contribution in [1.82, 2.24) is 4.31 Å². The highest BCUT2D eigenvalue weighted by Crippen LogP contribution is 2.37. The normalized spacial score (nSPS) is 22.6. The lowest BCUT2D eigenvalue weighted by Crippen LogP contribution is -2.42. The molecule has 1 fully saturated rings. The number of sulfonamides is 1. The van der Waals surface area contributed by atoms with Crippen LogP contribution in [-0.4, -0.2) is 33.9 Å². The Morgan fingerprint density at radius 2 is 1.79 bits per heavy atom. The summed E-state index contributed by atoms with van der Waals surface area (Å²) < 4.78 is 27.6. The summed E-state index contributed by atoms with van der Waals surface area (Å²) in [5, 5.41) is 1.63. The van der Waals surface area contributed by atoms with Crippen molar-refractivity contribution in [1.29, 1.82) is 0 Å². The van der Waals surface area contributed by atoms with E-state index >= 15 is 0 Å². The number of benzene rings is 1. The van der Waals surface area contributed by atoms with E-state index in [0.717, 1.165) is 18.4 Å². The number of allylic oxidation sites excluding steroid dienone is 2. The van der Waals surface area contributed by atoms with Crippen molar-refractivity contribution in [2.45, 2.75) is 44.3 Å². The van der Waals surface area contributed by atoms with Gasteiger partial charge in [-0.15, -0.1) is 0 Å². The van der Waals surface area contributed by atoms with Crippen molar-refractivity contribution >= 4 is 18.1 Å². The van der Waals surface area contributed by atoms with Crippen molar-refractivity contribution in [2.24, 2.45) is 5.92 Å². The van der Waals surface area contributed by atoms with E-state index in [0.29, 0.717) is 18.0 Å². The zero-order valence-electron chi connectivity index (χ0n) is 15.0. The highest BCUT2D eigenvalue weighted by molar-refractivity contribution is 7.89. The molecule has 130 valence electrons. The summed E-state index contributed by atoms with van der Waals surface area (Å²) in [5.41, 5.74) is 2.60. The van der Waals surface area contributed by atoms with Crippen LogP contribution in [0, 0.1) is 12.8 Å². The molecule has 5 heteroatoms. The van der Waals surface area contributed by atoms with Crippen LogP contribution in [0.25, 0.3) is 0 Å². The van der Waals surface area contributed by atoms with Crippen molar-refractivity contribution < 1.29 is 8.42 Å². The SMILES string of the molecule is Cc1ccc(S(=O)(=O)N2CCC3=C([Si](C)(C)C)CC=CC3C2)cc1. The summed E-state index contributed by atoms with van der Waals surface area (Å²) >= 11 is 0. The molecule has 1 aromatic carbocycles. The smallest absolute Gasteiger partial charge is 0.207 e. The molecule has 1 atom stereocenters. The number of fused-ring (bicyclic) bond motifs is 1. The lowest BCUT2D eigenvalue weighted by atomic mass is 9.88. The van der Waals surface area contributed by atoms with Crippen LogP contribution in [0.15, 0.2) is 52.1 Å². The Labute approximate surface area is 147 Å². The molecule has 1 unspecified atom stereocenters. The Morgan fingerprint density at radius 1 is 1.12 bits per heavy atom. The number of hydrogen-bond acceptors (Lipinski definition) is 2. The third-order valence-electron chi connectivity index (χ3n) is 5.12. The van der Waals surface area contributed by atoms with Gasteiger partial charge in [0.25, 0.3) is 0 Å². The van der Waals surface area contributed by atoms with Crippen LogP contribution in [0.3, 0.4) is 0 Å². The summed E-state index contributed by atoms with van der Waals surface area (Å²) in [6.07, 6.45) is 6.39. The van der Waals surface area contributed by atoms with E-state index in [1.54, 1.807) is 21.6 Å². The second kappa shape index (κ2) is 6.28. The van der Waals surface area contributed by atoms with Gasteiger partial charge in [0.1, 0.15) is 0 Å². The minimum Gasteiger partial charge on any atom is -0.207 e. The van der Waals surface area contributed by atoms with Gasteiger partial charge >= 0.3 is 0 Å². The van der Waals surface area contributed by atoms with Crippen molar-refractivity contribution in [3.63, 3.8) is 0 Å². The molecule has 1 saturated heterocycles. The zero-order valence-corrected chi connectivity index (χ0v) is 16.9. The van der Waals surface area contributed by atoms with E-state index < -0.39 is 18.1 Å². The monoisotopic (exact) mass is 361 g/mol. The minimum atomic E-state index is -3.39. The predicted octanol–water partition coefficient (Wildman–Crippen LogP) is 4.14. The first kappa shape index (κ1) is 17.6. The second-order valence-electron chi connectivity index (χ2n) is 7.92. The van der Waals surface area contributed by atoms with Gasteiger partial charge in [0, 0.05) is 19.0 Å². The Bertz CT molecular complexity index is 786. The van der Waals surface area contributed by atoms with Gasteiger partial charge in [-0.05, 0) is 31.9 Å². The third kappa shape index (κ3) is 3.30. The topological polar surface area (TPSA) is 37.4 Å². The number of aryl methyl sites for hydroxylation is 1. The van der Waals surface area contributed by atoms with Gasteiger partial charge in [0.15, 0.2) is 0 Å². The van der Waals surface area contributed by atoms with Gasteiger partial charge < -0.3 is 0 Å². The van der Waals surface area contributed by atoms with Crippen LogP contribution < -0.4 is 0 Å². The summed E-state index contributed by atoms with van der Waals surface area (Å²) in [7, 11) is -4.74. The predicted molar refractivity (Wildman–Crippen MR) is 102 cm³/mol. The fraction of sp³-hybridized carbons (Fsp3) is 0.474. The standard InChI is InChI=1S/C19H27NO2SSi/c1-15-8-10-17(11-9-15)23(21,22)20-13-12-18-16(14-20)6-5-7-19(18)24(2,3)4/h5-6,8-11,16H,7,12-14H2,1-4H3. The van der Waals surface area contributed by atoms with Crippen LogP contribution in [0.1, 0.15) is 18.4 Å². The van der Waals surface area contributed by atoms with Gasteiger partial charge in [-0.25, -0.2) is 8.42 Å². The summed E-state index contributed by atoms with van der Waals surface area (Å²) in [6.45, 7) is 10.3. The lowest BCUT2D eigenvalue weighted by Gasteiger charge is -2.38. The molecule has 3 nitrogen and oxygen atoms in total. The third-order valence-corrected chi connectivity index (χ3v) is 9.34. The van der Waals surface area contributed by atoms with E-state index in [4.69, 9.17) is 0 Å². The van der Waals surface area contributed by atoms with E-state index in [1.165, 1.54) is 5.57 Å². The molecule has 1 aliphatic carbocycles. The summed E-state index contributed by atoms with van der Waals surface area (Å²) in [4.78, 5) is 0.408. The Morgan fingerprint density at radius 3 is 2.42 bits per heavy atom. The molecule has 0 N–H and O–H groups in total. The maximum Gasteiger partial charge on any atom is 0.243 e. The molecule has 1 aromatic rings. The molecule has 0 amide bonds. The largest absolute Gasteiger partial charge is 0.243 e. The fourth-order valence-corrected chi connectivity index (χ4v) is 7.22. The van der Waals surface area contributed by atoms with Gasteiger partial charge in [-0.2, -0.15) is 4.31 Å². The molecule has 3 rings (SSSR count). The molecule has 0 aromatic heterocycles. The highest BCUT2D eigenvalue weighted by atomic mass is 32.2. The van der Waals surface area contributed by atoms with Crippen LogP contribution in [0.2, 0.25) is 19.6 Å². The Balaban J connectivity index is 1.88. The molecule has 2 aliphatic rings. The van der Waals surface area contributed by atoms with Crippen LogP contribution in [-0.2, 0) is 10.0 Å². The first-order valence-electron chi connectivity index (χ1n) is 8.65. The van der Waals surface area contributed by atoms with E-state index in [1.807, 2.05) is 19.1 Å². The number of hydrogen-bond donors (Lipinski definition) is 0.